The lowest BCUT2D eigenvalue weighted by molar-refractivity contribution is -0.168. The van der Waals surface area contributed by atoms with Crippen molar-refractivity contribution in [1.82, 2.24) is 5.06 Å². The van der Waals surface area contributed by atoms with Crippen LogP contribution in [0.1, 0.15) is 30.4 Å². The third-order valence-corrected chi connectivity index (χ3v) is 4.35. The summed E-state index contributed by atoms with van der Waals surface area (Å²) in [5.74, 6) is -0.851. The number of amides is 1. The molecule has 130 valence electrons. The summed E-state index contributed by atoms with van der Waals surface area (Å²) in [6, 6.07) is 16.9. The van der Waals surface area contributed by atoms with E-state index < -0.39 is 12.0 Å². The number of hydrogen-bond acceptors (Lipinski definition) is 3. The Kier molecular flexibility index (Phi) is 5.33. The molecule has 1 N–H and O–H groups in total. The Morgan fingerprint density at radius 1 is 1.04 bits per heavy atom. The first-order valence-electron chi connectivity index (χ1n) is 8.49. The molecule has 1 saturated heterocycles. The van der Waals surface area contributed by atoms with E-state index in [0.717, 1.165) is 24.3 Å². The monoisotopic (exact) mass is 339 g/mol. The van der Waals surface area contributed by atoms with Crippen molar-refractivity contribution in [1.29, 1.82) is 0 Å². The van der Waals surface area contributed by atoms with Gasteiger partial charge < -0.3 is 9.94 Å². The highest BCUT2D eigenvalue weighted by Crippen LogP contribution is 2.23. The van der Waals surface area contributed by atoms with Crippen molar-refractivity contribution >= 4 is 11.9 Å². The summed E-state index contributed by atoms with van der Waals surface area (Å²) < 4.78 is 0. The summed E-state index contributed by atoms with van der Waals surface area (Å²) >= 11 is 0. The quantitative estimate of drug-likeness (QED) is 0.841. The SMILES string of the molecule is O=C(O)C1CCC(=O)N1Oc1ccc(CCCc2ccccc2)cc1. The minimum absolute atomic E-state index is 0.203. The highest BCUT2D eigenvalue weighted by Gasteiger charge is 2.38. The molecule has 1 fully saturated rings. The summed E-state index contributed by atoms with van der Waals surface area (Å²) in [5.41, 5.74) is 2.51. The maximum Gasteiger partial charge on any atom is 0.330 e. The van der Waals surface area contributed by atoms with Crippen LogP contribution in [-0.2, 0) is 22.4 Å². The topological polar surface area (TPSA) is 66.8 Å². The Balaban J connectivity index is 1.53. The first kappa shape index (κ1) is 17.0. The fraction of sp³-hybridized carbons (Fsp3) is 0.300. The molecule has 1 heterocycles. The van der Waals surface area contributed by atoms with Gasteiger partial charge in [-0.3, -0.25) is 4.79 Å². The van der Waals surface area contributed by atoms with Crippen molar-refractivity contribution in [2.75, 3.05) is 0 Å². The molecule has 0 spiro atoms. The summed E-state index contributed by atoms with van der Waals surface area (Å²) in [6.45, 7) is 0. The Morgan fingerprint density at radius 3 is 2.32 bits per heavy atom. The van der Waals surface area contributed by atoms with Crippen molar-refractivity contribution in [3.05, 3.63) is 65.7 Å². The Hall–Kier alpha value is -2.82. The van der Waals surface area contributed by atoms with Crippen LogP contribution in [0, 0.1) is 0 Å². The van der Waals surface area contributed by atoms with Crippen molar-refractivity contribution < 1.29 is 19.5 Å². The molecule has 1 amide bonds. The van der Waals surface area contributed by atoms with Gasteiger partial charge in [0.15, 0.2) is 11.8 Å². The number of aliphatic carboxylic acids is 1. The second kappa shape index (κ2) is 7.83. The van der Waals surface area contributed by atoms with Crippen molar-refractivity contribution in [3.8, 4) is 5.75 Å². The minimum atomic E-state index is -1.04. The molecule has 0 radical (unpaired) electrons. The number of carbonyl (C=O) groups is 2. The fourth-order valence-corrected chi connectivity index (χ4v) is 2.97. The van der Waals surface area contributed by atoms with E-state index in [9.17, 15) is 9.59 Å². The first-order chi connectivity index (χ1) is 12.1. The zero-order chi connectivity index (χ0) is 17.6. The minimum Gasteiger partial charge on any atom is -0.480 e. The summed E-state index contributed by atoms with van der Waals surface area (Å²) in [7, 11) is 0. The van der Waals surface area contributed by atoms with Crippen LogP contribution in [0.15, 0.2) is 54.6 Å². The van der Waals surface area contributed by atoms with Gasteiger partial charge in [0.1, 0.15) is 0 Å². The molecule has 3 rings (SSSR count). The molecule has 1 unspecified atom stereocenters. The maximum absolute atomic E-state index is 11.8. The predicted octanol–water partition coefficient (Wildman–Crippen LogP) is 3.23. The zero-order valence-electron chi connectivity index (χ0n) is 13.9. The van der Waals surface area contributed by atoms with Gasteiger partial charge in [0.05, 0.1) is 0 Å². The second-order valence-corrected chi connectivity index (χ2v) is 6.19. The summed E-state index contributed by atoms with van der Waals surface area (Å²) in [6.07, 6.45) is 3.52. The number of carboxylic acid groups (broad SMARTS) is 1. The van der Waals surface area contributed by atoms with E-state index in [-0.39, 0.29) is 18.7 Å². The van der Waals surface area contributed by atoms with E-state index in [0.29, 0.717) is 5.75 Å². The molecule has 1 aliphatic heterocycles. The van der Waals surface area contributed by atoms with E-state index in [4.69, 9.17) is 9.94 Å². The van der Waals surface area contributed by atoms with Gasteiger partial charge >= 0.3 is 5.97 Å². The number of benzene rings is 2. The summed E-state index contributed by atoms with van der Waals surface area (Å²) in [5, 5.41) is 10.1. The average molecular weight is 339 g/mol. The van der Waals surface area contributed by atoms with E-state index in [1.165, 1.54) is 11.1 Å². The van der Waals surface area contributed by atoms with Crippen LogP contribution in [0.2, 0.25) is 0 Å². The number of hydrogen-bond donors (Lipinski definition) is 1. The van der Waals surface area contributed by atoms with E-state index in [2.05, 4.69) is 12.1 Å². The number of carbonyl (C=O) groups excluding carboxylic acids is 1. The van der Waals surface area contributed by atoms with Crippen LogP contribution in [0.5, 0.6) is 5.75 Å². The number of aryl methyl sites for hydroxylation is 2. The molecule has 5 heteroatoms. The highest BCUT2D eigenvalue weighted by atomic mass is 16.7. The first-order valence-corrected chi connectivity index (χ1v) is 8.49. The molecular weight excluding hydrogens is 318 g/mol. The second-order valence-electron chi connectivity index (χ2n) is 6.19. The highest BCUT2D eigenvalue weighted by molar-refractivity contribution is 5.86. The molecule has 1 atom stereocenters. The van der Waals surface area contributed by atoms with Gasteiger partial charge in [0, 0.05) is 6.42 Å². The Labute approximate surface area is 146 Å². The molecule has 25 heavy (non-hydrogen) atoms. The van der Waals surface area contributed by atoms with Gasteiger partial charge in [-0.25, -0.2) is 4.79 Å². The van der Waals surface area contributed by atoms with Crippen LogP contribution in [0.25, 0.3) is 0 Å². The van der Waals surface area contributed by atoms with Gasteiger partial charge in [-0.1, -0.05) is 42.5 Å². The lowest BCUT2D eigenvalue weighted by atomic mass is 10.0. The van der Waals surface area contributed by atoms with Crippen LogP contribution >= 0.6 is 0 Å². The van der Waals surface area contributed by atoms with Gasteiger partial charge in [-0.15, -0.1) is 0 Å². The standard InChI is InChI=1S/C20H21NO4/c22-19-14-13-18(20(23)24)21(19)25-17-11-9-16(10-12-17)8-4-7-15-5-2-1-3-6-15/h1-3,5-6,9-12,18H,4,7-8,13-14H2,(H,23,24). The van der Waals surface area contributed by atoms with E-state index in [1.54, 1.807) is 12.1 Å². The molecule has 0 bridgehead atoms. The molecular formula is C20H21NO4. The van der Waals surface area contributed by atoms with Crippen molar-refractivity contribution in [3.63, 3.8) is 0 Å². The lowest BCUT2D eigenvalue weighted by Crippen LogP contribution is -2.40. The Morgan fingerprint density at radius 2 is 1.68 bits per heavy atom. The third kappa shape index (κ3) is 4.38. The normalized spacial score (nSPS) is 16.9. The third-order valence-electron chi connectivity index (χ3n) is 4.35. The largest absolute Gasteiger partial charge is 0.480 e. The fourth-order valence-electron chi connectivity index (χ4n) is 2.97. The predicted molar refractivity (Wildman–Crippen MR) is 93.0 cm³/mol. The number of nitrogens with zero attached hydrogens (tertiary/aromatic N) is 1. The van der Waals surface area contributed by atoms with E-state index >= 15 is 0 Å². The van der Waals surface area contributed by atoms with Crippen LogP contribution in [0.4, 0.5) is 0 Å². The molecule has 0 aliphatic carbocycles. The molecule has 2 aromatic carbocycles. The molecule has 1 aliphatic rings. The molecule has 0 aromatic heterocycles. The molecule has 5 nitrogen and oxygen atoms in total. The van der Waals surface area contributed by atoms with Crippen molar-refractivity contribution in [2.45, 2.75) is 38.1 Å². The van der Waals surface area contributed by atoms with E-state index in [1.807, 2.05) is 30.3 Å². The average Bonchev–Trinajstić information content (AvgIpc) is 2.98. The van der Waals surface area contributed by atoms with Gasteiger partial charge in [-0.2, -0.15) is 5.06 Å². The van der Waals surface area contributed by atoms with Gasteiger partial charge in [0.25, 0.3) is 5.91 Å². The number of carboxylic acids is 1. The number of rotatable bonds is 7. The van der Waals surface area contributed by atoms with Crippen LogP contribution in [0.3, 0.4) is 0 Å². The smallest absolute Gasteiger partial charge is 0.330 e. The van der Waals surface area contributed by atoms with Gasteiger partial charge in [0.2, 0.25) is 0 Å². The molecule has 2 aromatic rings. The van der Waals surface area contributed by atoms with Crippen molar-refractivity contribution in [2.24, 2.45) is 0 Å². The van der Waals surface area contributed by atoms with Gasteiger partial charge in [-0.05, 0) is 48.9 Å². The van der Waals surface area contributed by atoms with Crippen LogP contribution in [-0.4, -0.2) is 28.1 Å². The van der Waals surface area contributed by atoms with Crippen LogP contribution < -0.4 is 4.84 Å². The lowest BCUT2D eigenvalue weighted by Gasteiger charge is -2.21. The zero-order valence-corrected chi connectivity index (χ0v) is 13.9. The Bertz CT molecular complexity index is 727. The number of hydroxylamine groups is 2. The summed E-state index contributed by atoms with van der Waals surface area (Å²) in [4.78, 5) is 28.4. The maximum atomic E-state index is 11.8. The molecule has 0 saturated carbocycles.